The van der Waals surface area contributed by atoms with Crippen molar-refractivity contribution in [2.75, 3.05) is 0 Å². The molecular formula is C24H16Cl3N3O3. The van der Waals surface area contributed by atoms with Crippen molar-refractivity contribution in [2.45, 2.75) is 12.5 Å². The minimum absolute atomic E-state index is 0.00495. The smallest absolute Gasteiger partial charge is 0.326 e. The predicted molar refractivity (Wildman–Crippen MR) is 129 cm³/mol. The number of amides is 1. The van der Waals surface area contributed by atoms with Crippen LogP contribution in [-0.4, -0.2) is 33.0 Å². The minimum Gasteiger partial charge on any atom is -0.480 e. The van der Waals surface area contributed by atoms with Crippen LogP contribution in [0.1, 0.15) is 15.9 Å². The number of hydrogen-bond acceptors (Lipinski definition) is 4. The van der Waals surface area contributed by atoms with E-state index in [1.807, 2.05) is 12.1 Å². The molecule has 2 N–H and O–H groups in total. The molecule has 0 aliphatic carbocycles. The molecule has 0 saturated heterocycles. The average Bonchev–Trinajstić information content (AvgIpc) is 2.78. The summed E-state index contributed by atoms with van der Waals surface area (Å²) >= 11 is 18.5. The first kappa shape index (κ1) is 23.0. The maximum absolute atomic E-state index is 12.5. The van der Waals surface area contributed by atoms with Crippen molar-refractivity contribution in [3.8, 4) is 11.3 Å². The molecule has 1 atom stereocenters. The molecule has 4 aromatic rings. The number of halogens is 3. The SMILES string of the molecule is O=C(N[C@@H](Cc1ccc2nc(-c3c(Cl)cccc3Cl)ccc2c1)C(=O)O)c1cccnc1Cl. The molecule has 4 rings (SSSR count). The topological polar surface area (TPSA) is 92.2 Å². The number of hydrogen-bond donors (Lipinski definition) is 2. The fourth-order valence-corrected chi connectivity index (χ4v) is 4.21. The molecule has 6 nitrogen and oxygen atoms in total. The minimum atomic E-state index is -1.16. The zero-order valence-electron chi connectivity index (χ0n) is 16.9. The molecule has 2 aromatic heterocycles. The Morgan fingerprint density at radius 1 is 0.970 bits per heavy atom. The summed E-state index contributed by atoms with van der Waals surface area (Å²) in [5.74, 6) is -1.77. The Bertz CT molecular complexity index is 1360. The van der Waals surface area contributed by atoms with Gasteiger partial charge in [-0.1, -0.05) is 53.0 Å². The van der Waals surface area contributed by atoms with Gasteiger partial charge in [-0.15, -0.1) is 0 Å². The van der Waals surface area contributed by atoms with Gasteiger partial charge in [0.25, 0.3) is 5.91 Å². The van der Waals surface area contributed by atoms with Gasteiger partial charge in [0, 0.05) is 23.6 Å². The summed E-state index contributed by atoms with van der Waals surface area (Å²) in [5.41, 5.74) is 2.81. The lowest BCUT2D eigenvalue weighted by molar-refractivity contribution is -0.139. The van der Waals surface area contributed by atoms with Crippen molar-refractivity contribution >= 4 is 57.6 Å². The molecule has 0 aliphatic heterocycles. The number of pyridine rings is 2. The molecule has 33 heavy (non-hydrogen) atoms. The highest BCUT2D eigenvalue weighted by molar-refractivity contribution is 6.39. The number of aromatic nitrogens is 2. The van der Waals surface area contributed by atoms with Crippen LogP contribution in [0.25, 0.3) is 22.2 Å². The summed E-state index contributed by atoms with van der Waals surface area (Å²) in [5, 5.41) is 13.9. The molecule has 9 heteroatoms. The van der Waals surface area contributed by atoms with E-state index >= 15 is 0 Å². The van der Waals surface area contributed by atoms with E-state index in [-0.39, 0.29) is 17.1 Å². The summed E-state index contributed by atoms with van der Waals surface area (Å²) in [6.45, 7) is 0. The van der Waals surface area contributed by atoms with Crippen LogP contribution < -0.4 is 5.32 Å². The van der Waals surface area contributed by atoms with E-state index in [4.69, 9.17) is 34.8 Å². The van der Waals surface area contributed by atoms with E-state index in [1.165, 1.54) is 12.3 Å². The highest BCUT2D eigenvalue weighted by Crippen LogP contribution is 2.34. The van der Waals surface area contributed by atoms with Crippen LogP contribution in [0.5, 0.6) is 0 Å². The number of benzene rings is 2. The van der Waals surface area contributed by atoms with Crippen LogP contribution in [0.4, 0.5) is 0 Å². The molecule has 0 bridgehead atoms. The van der Waals surface area contributed by atoms with Gasteiger partial charge >= 0.3 is 5.97 Å². The lowest BCUT2D eigenvalue weighted by Gasteiger charge is -2.15. The van der Waals surface area contributed by atoms with Gasteiger partial charge in [0.05, 0.1) is 26.8 Å². The van der Waals surface area contributed by atoms with E-state index in [2.05, 4.69) is 15.3 Å². The quantitative estimate of drug-likeness (QED) is 0.332. The van der Waals surface area contributed by atoms with E-state index in [9.17, 15) is 14.7 Å². The van der Waals surface area contributed by atoms with Crippen molar-refractivity contribution in [3.63, 3.8) is 0 Å². The Morgan fingerprint density at radius 3 is 2.42 bits per heavy atom. The molecule has 0 saturated carbocycles. The first-order valence-electron chi connectivity index (χ1n) is 9.82. The highest BCUT2D eigenvalue weighted by atomic mass is 35.5. The van der Waals surface area contributed by atoms with Crippen LogP contribution in [-0.2, 0) is 11.2 Å². The van der Waals surface area contributed by atoms with Crippen molar-refractivity contribution in [1.29, 1.82) is 0 Å². The van der Waals surface area contributed by atoms with Crippen LogP contribution in [0.15, 0.2) is 66.9 Å². The molecule has 166 valence electrons. The average molecular weight is 501 g/mol. The maximum atomic E-state index is 12.5. The van der Waals surface area contributed by atoms with Crippen LogP contribution >= 0.6 is 34.8 Å². The van der Waals surface area contributed by atoms with Crippen molar-refractivity contribution in [1.82, 2.24) is 15.3 Å². The number of carbonyl (C=O) groups is 2. The normalized spacial score (nSPS) is 11.8. The number of rotatable bonds is 6. The van der Waals surface area contributed by atoms with Crippen molar-refractivity contribution in [2.24, 2.45) is 0 Å². The predicted octanol–water partition coefficient (Wildman–Crippen LogP) is 5.68. The lowest BCUT2D eigenvalue weighted by atomic mass is 10.0. The number of aliphatic carboxylic acids is 1. The van der Waals surface area contributed by atoms with Gasteiger partial charge in [-0.3, -0.25) is 4.79 Å². The summed E-state index contributed by atoms with van der Waals surface area (Å²) in [6, 6.07) is 16.2. The standard InChI is InChI=1S/C24H16Cl3N3O3/c25-16-4-1-5-17(26)21(16)19-9-7-14-11-13(6-8-18(14)29-19)12-20(24(32)33)30-23(31)15-3-2-10-28-22(15)27/h1-11,20H,12H2,(H,30,31)(H,32,33)/t20-/m0/s1. The molecule has 2 heterocycles. The van der Waals surface area contributed by atoms with E-state index in [1.54, 1.807) is 42.5 Å². The van der Waals surface area contributed by atoms with Gasteiger partial charge in [0.2, 0.25) is 0 Å². The number of nitrogens with zero attached hydrogens (tertiary/aromatic N) is 2. The van der Waals surface area contributed by atoms with Gasteiger partial charge in [0.1, 0.15) is 11.2 Å². The molecule has 0 aliphatic rings. The number of nitrogens with one attached hydrogen (secondary N) is 1. The summed E-state index contributed by atoms with van der Waals surface area (Å²) < 4.78 is 0. The fraction of sp³-hybridized carbons (Fsp3) is 0.0833. The second-order valence-electron chi connectivity index (χ2n) is 7.23. The summed E-state index contributed by atoms with van der Waals surface area (Å²) in [7, 11) is 0. The Morgan fingerprint density at radius 2 is 1.73 bits per heavy atom. The van der Waals surface area contributed by atoms with E-state index < -0.39 is 17.9 Å². The van der Waals surface area contributed by atoms with Gasteiger partial charge in [-0.2, -0.15) is 0 Å². The molecule has 0 unspecified atom stereocenters. The Kier molecular flexibility index (Phi) is 6.79. The van der Waals surface area contributed by atoms with Gasteiger partial charge in [0.15, 0.2) is 0 Å². The number of carboxylic acids is 1. The van der Waals surface area contributed by atoms with Gasteiger partial charge < -0.3 is 10.4 Å². The van der Waals surface area contributed by atoms with Crippen molar-refractivity contribution < 1.29 is 14.7 Å². The Labute approximate surface area is 204 Å². The molecule has 1 amide bonds. The Balaban J connectivity index is 1.58. The molecule has 0 fully saturated rings. The second kappa shape index (κ2) is 9.75. The maximum Gasteiger partial charge on any atom is 0.326 e. The summed E-state index contributed by atoms with van der Waals surface area (Å²) in [6.07, 6.45) is 1.52. The van der Waals surface area contributed by atoms with E-state index in [0.29, 0.717) is 26.8 Å². The molecular weight excluding hydrogens is 485 g/mol. The first-order chi connectivity index (χ1) is 15.8. The van der Waals surface area contributed by atoms with Crippen LogP contribution in [0.2, 0.25) is 15.2 Å². The fourth-order valence-electron chi connectivity index (χ4n) is 3.41. The van der Waals surface area contributed by atoms with E-state index in [0.717, 1.165) is 10.9 Å². The van der Waals surface area contributed by atoms with Gasteiger partial charge in [-0.05, 0) is 48.0 Å². The molecule has 2 aromatic carbocycles. The third-order valence-electron chi connectivity index (χ3n) is 5.02. The first-order valence-corrected chi connectivity index (χ1v) is 10.9. The zero-order valence-corrected chi connectivity index (χ0v) is 19.2. The summed E-state index contributed by atoms with van der Waals surface area (Å²) in [4.78, 5) is 32.8. The third-order valence-corrected chi connectivity index (χ3v) is 5.95. The Hall–Kier alpha value is -3.19. The largest absolute Gasteiger partial charge is 0.480 e. The van der Waals surface area contributed by atoms with Gasteiger partial charge in [-0.25, -0.2) is 14.8 Å². The van der Waals surface area contributed by atoms with Crippen LogP contribution in [0.3, 0.4) is 0 Å². The molecule has 0 spiro atoms. The molecule has 0 radical (unpaired) electrons. The van der Waals surface area contributed by atoms with Crippen LogP contribution in [0, 0.1) is 0 Å². The lowest BCUT2D eigenvalue weighted by Crippen LogP contribution is -2.42. The second-order valence-corrected chi connectivity index (χ2v) is 8.40. The van der Waals surface area contributed by atoms with Crippen molar-refractivity contribution in [3.05, 3.63) is 93.2 Å². The number of carbonyl (C=O) groups excluding carboxylic acids is 1. The highest BCUT2D eigenvalue weighted by Gasteiger charge is 2.23. The number of carboxylic acid groups (broad SMARTS) is 1. The number of fused-ring (bicyclic) bond motifs is 1. The monoisotopic (exact) mass is 499 g/mol. The third kappa shape index (κ3) is 5.09. The zero-order chi connectivity index (χ0) is 23.5.